The lowest BCUT2D eigenvalue weighted by Gasteiger charge is -2.35. The lowest BCUT2D eigenvalue weighted by Crippen LogP contribution is -2.47. The van der Waals surface area contributed by atoms with Crippen molar-refractivity contribution >= 4 is 29.4 Å². The van der Waals surface area contributed by atoms with Gasteiger partial charge in [0.05, 0.1) is 30.8 Å². The van der Waals surface area contributed by atoms with Crippen molar-refractivity contribution in [3.63, 3.8) is 0 Å². The minimum atomic E-state index is -1.05. The van der Waals surface area contributed by atoms with Crippen LogP contribution in [0.2, 0.25) is 0 Å². The zero-order valence-electron chi connectivity index (χ0n) is 24.7. The zero-order chi connectivity index (χ0) is 31.2. The zero-order valence-corrected chi connectivity index (χ0v) is 24.7. The first-order valence-corrected chi connectivity index (χ1v) is 14.5. The van der Waals surface area contributed by atoms with Gasteiger partial charge in [-0.25, -0.2) is 4.98 Å². The van der Waals surface area contributed by atoms with E-state index in [1.54, 1.807) is 30.0 Å². The molecule has 0 aliphatic carbocycles. The summed E-state index contributed by atoms with van der Waals surface area (Å²) in [6.07, 6.45) is 0.925. The molecule has 3 aromatic carbocycles. The lowest BCUT2D eigenvalue weighted by atomic mass is 10.00. The minimum absolute atomic E-state index is 0.148. The summed E-state index contributed by atoms with van der Waals surface area (Å²) in [5.74, 6) is -1.20. The van der Waals surface area contributed by atoms with Crippen LogP contribution in [0, 0.1) is 6.92 Å². The van der Waals surface area contributed by atoms with Crippen molar-refractivity contribution in [2.75, 3.05) is 17.2 Å². The molecule has 0 saturated heterocycles. The number of nitrogens with two attached hydrogens (primary N) is 1. The van der Waals surface area contributed by atoms with Crippen molar-refractivity contribution in [2.45, 2.75) is 51.7 Å². The van der Waals surface area contributed by atoms with E-state index in [9.17, 15) is 19.5 Å². The van der Waals surface area contributed by atoms with Gasteiger partial charge in [-0.1, -0.05) is 66.7 Å². The molecule has 44 heavy (non-hydrogen) atoms. The SMILES string of the molecule is Cc1cc(OCCCc2ccc3c(c2)C(=O)N(C(C)CC(=O)O)C(c2ccccc2)C(=O)N3Cc2ccccc2)nc(N)n1. The second-order valence-electron chi connectivity index (χ2n) is 10.9. The fourth-order valence-corrected chi connectivity index (χ4v) is 5.55. The third-order valence-corrected chi connectivity index (χ3v) is 7.55. The third-order valence-electron chi connectivity index (χ3n) is 7.55. The quantitative estimate of drug-likeness (QED) is 0.232. The molecule has 0 saturated carbocycles. The fourth-order valence-electron chi connectivity index (χ4n) is 5.55. The molecule has 0 fully saturated rings. The van der Waals surface area contributed by atoms with Gasteiger partial charge < -0.3 is 25.4 Å². The number of carbonyl (C=O) groups is 3. The maximum absolute atomic E-state index is 14.5. The fraction of sp³-hybridized carbons (Fsp3) is 0.265. The molecule has 3 N–H and O–H groups in total. The van der Waals surface area contributed by atoms with Crippen LogP contribution < -0.4 is 15.4 Å². The van der Waals surface area contributed by atoms with E-state index in [4.69, 9.17) is 10.5 Å². The number of ether oxygens (including phenoxy) is 1. The number of carbonyl (C=O) groups excluding carboxylic acids is 2. The number of hydrogen-bond acceptors (Lipinski definition) is 7. The van der Waals surface area contributed by atoms with Crippen molar-refractivity contribution in [1.82, 2.24) is 14.9 Å². The van der Waals surface area contributed by atoms with Gasteiger partial charge in [0.15, 0.2) is 0 Å². The molecule has 4 aromatic rings. The van der Waals surface area contributed by atoms with Crippen molar-refractivity contribution in [3.05, 3.63) is 113 Å². The van der Waals surface area contributed by atoms with Crippen LogP contribution in [0.25, 0.3) is 0 Å². The highest BCUT2D eigenvalue weighted by Crippen LogP contribution is 2.38. The predicted molar refractivity (Wildman–Crippen MR) is 166 cm³/mol. The Hall–Kier alpha value is -5.25. The monoisotopic (exact) mass is 593 g/mol. The number of benzene rings is 3. The molecule has 2 amide bonds. The van der Waals surface area contributed by atoms with Crippen molar-refractivity contribution in [3.8, 4) is 5.88 Å². The number of amides is 2. The Balaban J connectivity index is 1.50. The average molecular weight is 594 g/mol. The van der Waals surface area contributed by atoms with Crippen molar-refractivity contribution in [1.29, 1.82) is 0 Å². The first-order valence-electron chi connectivity index (χ1n) is 14.5. The second kappa shape index (κ2) is 13.4. The van der Waals surface area contributed by atoms with E-state index in [2.05, 4.69) is 9.97 Å². The van der Waals surface area contributed by atoms with Crippen LogP contribution in [-0.4, -0.2) is 50.4 Å². The minimum Gasteiger partial charge on any atom is -0.481 e. The summed E-state index contributed by atoms with van der Waals surface area (Å²) in [4.78, 5) is 51.9. The molecule has 2 atom stereocenters. The van der Waals surface area contributed by atoms with Gasteiger partial charge in [-0.2, -0.15) is 4.98 Å². The van der Waals surface area contributed by atoms with Gasteiger partial charge in [-0.3, -0.25) is 14.4 Å². The summed E-state index contributed by atoms with van der Waals surface area (Å²) in [5, 5.41) is 9.65. The maximum Gasteiger partial charge on any atom is 0.305 e. The molecule has 10 heteroatoms. The summed E-state index contributed by atoms with van der Waals surface area (Å²) >= 11 is 0. The third kappa shape index (κ3) is 6.86. The van der Waals surface area contributed by atoms with E-state index in [0.29, 0.717) is 47.8 Å². The molecule has 2 unspecified atom stereocenters. The van der Waals surface area contributed by atoms with Crippen molar-refractivity contribution in [2.24, 2.45) is 0 Å². The normalized spacial score (nSPS) is 15.5. The highest BCUT2D eigenvalue weighted by molar-refractivity contribution is 6.11. The highest BCUT2D eigenvalue weighted by Gasteiger charge is 2.43. The number of aromatic nitrogens is 2. The van der Waals surface area contributed by atoms with E-state index in [1.165, 1.54) is 4.90 Å². The first kappa shape index (κ1) is 30.2. The Labute approximate surface area is 256 Å². The standard InChI is InChI=1S/C34H35N5O5/c1-22-18-29(37-34(35)36-22)44-17-9-12-24-15-16-28-27(20-24)32(42)39(23(2)19-30(40)41)31(26-13-7-4-8-14-26)33(43)38(28)21-25-10-5-3-6-11-25/h3-8,10-11,13-16,18,20,23,31H,9,12,17,19,21H2,1-2H3,(H,40,41)(H2,35,36,37). The van der Waals surface area contributed by atoms with Gasteiger partial charge in [0.2, 0.25) is 11.8 Å². The molecule has 0 radical (unpaired) electrons. The number of rotatable bonds is 11. The van der Waals surface area contributed by atoms with Crippen molar-refractivity contribution < 1.29 is 24.2 Å². The van der Waals surface area contributed by atoms with Crippen LogP contribution in [0.5, 0.6) is 5.88 Å². The van der Waals surface area contributed by atoms with E-state index in [0.717, 1.165) is 11.1 Å². The van der Waals surface area contributed by atoms with E-state index < -0.39 is 24.0 Å². The van der Waals surface area contributed by atoms with Gasteiger partial charge in [0.1, 0.15) is 6.04 Å². The molecule has 0 spiro atoms. The summed E-state index contributed by atoms with van der Waals surface area (Å²) in [6, 6.07) is 24.1. The van der Waals surface area contributed by atoms with Crippen LogP contribution in [0.4, 0.5) is 11.6 Å². The lowest BCUT2D eigenvalue weighted by molar-refractivity contribution is -0.139. The number of aliphatic carboxylic acids is 1. The Morgan fingerprint density at radius 2 is 1.68 bits per heavy atom. The van der Waals surface area contributed by atoms with E-state index in [-0.39, 0.29) is 24.8 Å². The van der Waals surface area contributed by atoms with Gasteiger partial charge in [0, 0.05) is 17.8 Å². The number of carboxylic acids is 1. The molecule has 1 aromatic heterocycles. The Morgan fingerprint density at radius 1 is 0.977 bits per heavy atom. The number of nitrogens with zero attached hydrogens (tertiary/aromatic N) is 4. The van der Waals surface area contributed by atoms with Crippen LogP contribution in [0.1, 0.15) is 58.5 Å². The average Bonchev–Trinajstić information content (AvgIpc) is 3.08. The molecule has 10 nitrogen and oxygen atoms in total. The molecular weight excluding hydrogens is 558 g/mol. The van der Waals surface area contributed by atoms with Crippen LogP contribution in [-0.2, 0) is 22.6 Å². The number of carboxylic acid groups (broad SMARTS) is 1. The maximum atomic E-state index is 14.5. The summed E-state index contributed by atoms with van der Waals surface area (Å²) < 4.78 is 5.77. The van der Waals surface area contributed by atoms with Gasteiger partial charge >= 0.3 is 5.97 Å². The Bertz CT molecular complexity index is 1630. The molecule has 0 bridgehead atoms. The molecule has 5 rings (SSSR count). The molecular formula is C34H35N5O5. The van der Waals surface area contributed by atoms with Gasteiger partial charge in [0.25, 0.3) is 11.8 Å². The molecule has 2 heterocycles. The number of aryl methyl sites for hydroxylation is 2. The topological polar surface area (TPSA) is 139 Å². The van der Waals surface area contributed by atoms with E-state index >= 15 is 0 Å². The number of anilines is 2. The highest BCUT2D eigenvalue weighted by atomic mass is 16.5. The summed E-state index contributed by atoms with van der Waals surface area (Å²) in [6.45, 7) is 4.10. The van der Waals surface area contributed by atoms with Gasteiger partial charge in [-0.15, -0.1) is 0 Å². The first-order chi connectivity index (χ1) is 21.2. The van der Waals surface area contributed by atoms with E-state index in [1.807, 2.05) is 73.7 Å². The Kier molecular flexibility index (Phi) is 9.18. The smallest absolute Gasteiger partial charge is 0.305 e. The number of fused-ring (bicyclic) bond motifs is 1. The number of hydrogen-bond donors (Lipinski definition) is 2. The Morgan fingerprint density at radius 3 is 2.36 bits per heavy atom. The van der Waals surface area contributed by atoms with Crippen LogP contribution in [0.3, 0.4) is 0 Å². The summed E-state index contributed by atoms with van der Waals surface area (Å²) in [5.41, 5.74) is 9.67. The molecule has 1 aliphatic rings. The summed E-state index contributed by atoms with van der Waals surface area (Å²) in [7, 11) is 0. The second-order valence-corrected chi connectivity index (χ2v) is 10.9. The van der Waals surface area contributed by atoms with Gasteiger partial charge in [-0.05, 0) is 55.5 Å². The molecule has 226 valence electrons. The van der Waals surface area contributed by atoms with Crippen LogP contribution in [0.15, 0.2) is 84.9 Å². The number of nitrogen functional groups attached to an aromatic ring is 1. The largest absolute Gasteiger partial charge is 0.481 e. The predicted octanol–water partition coefficient (Wildman–Crippen LogP) is 4.97. The van der Waals surface area contributed by atoms with Crippen LogP contribution >= 0.6 is 0 Å². The molecule has 1 aliphatic heterocycles.